The van der Waals surface area contributed by atoms with Gasteiger partial charge in [0.15, 0.2) is 0 Å². The lowest BCUT2D eigenvalue weighted by Gasteiger charge is -2.23. The van der Waals surface area contributed by atoms with E-state index in [4.69, 9.17) is 10.5 Å². The third-order valence-electron chi connectivity index (χ3n) is 7.16. The lowest BCUT2D eigenvalue weighted by atomic mass is 9.93. The standard InChI is InChI=1S/C31H27F3N4O4/c1-42-20-5-6-22-23(31(41)38-26(22)14-20)15-28(39)37-27(11-16-9-18(32)13-19(33)10-16)29-21(3-2-8-36-29)17-4-7-25(34)24(12-17)30(35)40/h2-10,12-14,23,27,31,38,41H,11,15H2,1H3,(H2,35,40)(H,37,39)/t23?,27-,31?/m0/s1. The summed E-state index contributed by atoms with van der Waals surface area (Å²) in [4.78, 5) is 29.7. The number of amides is 2. The quantitative estimate of drug-likeness (QED) is 0.231. The van der Waals surface area contributed by atoms with Gasteiger partial charge >= 0.3 is 0 Å². The van der Waals surface area contributed by atoms with E-state index in [0.717, 1.165) is 29.8 Å². The number of carbonyl (C=O) groups excluding carboxylic acids is 2. The zero-order valence-corrected chi connectivity index (χ0v) is 22.4. The zero-order chi connectivity index (χ0) is 30.0. The second kappa shape index (κ2) is 11.9. The topological polar surface area (TPSA) is 127 Å². The highest BCUT2D eigenvalue weighted by Gasteiger charge is 2.33. The van der Waals surface area contributed by atoms with Gasteiger partial charge in [-0.3, -0.25) is 14.6 Å². The molecule has 42 heavy (non-hydrogen) atoms. The van der Waals surface area contributed by atoms with Gasteiger partial charge in [-0.05, 0) is 59.5 Å². The van der Waals surface area contributed by atoms with Crippen molar-refractivity contribution >= 4 is 17.5 Å². The van der Waals surface area contributed by atoms with Crippen molar-refractivity contribution in [3.8, 4) is 16.9 Å². The number of aromatic nitrogens is 1. The number of rotatable bonds is 9. The van der Waals surface area contributed by atoms with E-state index >= 15 is 0 Å². The van der Waals surface area contributed by atoms with Crippen LogP contribution in [0.5, 0.6) is 5.75 Å². The summed E-state index contributed by atoms with van der Waals surface area (Å²) in [6.45, 7) is 0. The Hall–Kier alpha value is -4.90. The number of halogens is 3. The van der Waals surface area contributed by atoms with E-state index in [0.29, 0.717) is 28.3 Å². The smallest absolute Gasteiger partial charge is 0.251 e. The van der Waals surface area contributed by atoms with Crippen molar-refractivity contribution in [3.05, 3.63) is 113 Å². The molecule has 11 heteroatoms. The van der Waals surface area contributed by atoms with E-state index in [-0.39, 0.29) is 24.0 Å². The maximum atomic E-state index is 14.2. The van der Waals surface area contributed by atoms with Gasteiger partial charge in [0.25, 0.3) is 5.91 Å². The zero-order valence-electron chi connectivity index (χ0n) is 22.4. The monoisotopic (exact) mass is 576 g/mol. The van der Waals surface area contributed by atoms with Crippen LogP contribution in [0.2, 0.25) is 0 Å². The van der Waals surface area contributed by atoms with E-state index in [9.17, 15) is 27.9 Å². The normalized spacial score (nSPS) is 16.3. The summed E-state index contributed by atoms with van der Waals surface area (Å²) in [7, 11) is 1.52. The van der Waals surface area contributed by atoms with E-state index in [2.05, 4.69) is 15.6 Å². The van der Waals surface area contributed by atoms with Crippen LogP contribution in [0.15, 0.2) is 72.9 Å². The molecule has 8 nitrogen and oxygen atoms in total. The minimum Gasteiger partial charge on any atom is -0.497 e. The molecule has 2 unspecified atom stereocenters. The van der Waals surface area contributed by atoms with Gasteiger partial charge in [-0.25, -0.2) is 13.2 Å². The summed E-state index contributed by atoms with van der Waals surface area (Å²) in [5, 5.41) is 16.5. The van der Waals surface area contributed by atoms with Crippen LogP contribution in [-0.2, 0) is 11.2 Å². The maximum Gasteiger partial charge on any atom is 0.251 e. The molecule has 0 spiro atoms. The molecule has 3 atom stereocenters. The number of nitrogens with two attached hydrogens (primary N) is 1. The molecule has 1 aromatic heterocycles. The molecule has 2 heterocycles. The lowest BCUT2D eigenvalue weighted by Crippen LogP contribution is -2.33. The Morgan fingerprint density at radius 3 is 2.55 bits per heavy atom. The molecule has 2 amide bonds. The first-order chi connectivity index (χ1) is 20.1. The third kappa shape index (κ3) is 6.06. The van der Waals surface area contributed by atoms with E-state index in [1.54, 1.807) is 30.3 Å². The molecule has 0 radical (unpaired) electrons. The Labute approximate surface area is 239 Å². The van der Waals surface area contributed by atoms with Crippen LogP contribution in [0.4, 0.5) is 18.9 Å². The largest absolute Gasteiger partial charge is 0.497 e. The molecule has 3 aromatic carbocycles. The number of aliphatic hydroxyl groups excluding tert-OH is 1. The van der Waals surface area contributed by atoms with Crippen LogP contribution in [0, 0.1) is 17.5 Å². The number of nitrogens with zero attached hydrogens (tertiary/aromatic N) is 1. The molecule has 216 valence electrons. The Bertz CT molecular complexity index is 1650. The van der Waals surface area contributed by atoms with E-state index in [1.807, 2.05) is 0 Å². The highest BCUT2D eigenvalue weighted by atomic mass is 19.1. The number of primary amides is 1. The fraction of sp³-hybridized carbons (Fsp3) is 0.194. The number of carbonyl (C=O) groups is 2. The van der Waals surface area contributed by atoms with Gasteiger partial charge in [0.05, 0.1) is 24.4 Å². The summed E-state index contributed by atoms with van der Waals surface area (Å²) in [5.74, 6) is -3.78. The van der Waals surface area contributed by atoms with E-state index in [1.165, 1.54) is 25.4 Å². The number of nitrogens with one attached hydrogen (secondary N) is 2. The SMILES string of the molecule is COc1ccc2c(c1)NC(O)C2CC(=O)N[C@@H](Cc1cc(F)cc(F)c1)c1ncccc1-c1ccc(F)c(C(N)=O)c1. The van der Waals surface area contributed by atoms with Gasteiger partial charge < -0.3 is 26.2 Å². The summed E-state index contributed by atoms with van der Waals surface area (Å²) >= 11 is 0. The number of ether oxygens (including phenoxy) is 1. The van der Waals surface area contributed by atoms with Gasteiger partial charge in [0.1, 0.15) is 29.4 Å². The van der Waals surface area contributed by atoms with Crippen molar-refractivity contribution in [1.29, 1.82) is 0 Å². The molecule has 4 aromatic rings. The van der Waals surface area contributed by atoms with Crippen LogP contribution >= 0.6 is 0 Å². The summed E-state index contributed by atoms with van der Waals surface area (Å²) in [6.07, 6.45) is 0.279. The number of methoxy groups -OCH3 is 1. The average Bonchev–Trinajstić information content (AvgIpc) is 3.25. The summed E-state index contributed by atoms with van der Waals surface area (Å²) in [5.41, 5.74) is 7.80. The number of hydrogen-bond acceptors (Lipinski definition) is 6. The molecule has 0 saturated heterocycles. The van der Waals surface area contributed by atoms with Crippen LogP contribution in [0.3, 0.4) is 0 Å². The number of aliphatic hydroxyl groups is 1. The summed E-state index contributed by atoms with van der Waals surface area (Å²) in [6, 6.07) is 14.5. The number of pyridine rings is 1. The highest BCUT2D eigenvalue weighted by molar-refractivity contribution is 5.94. The predicted octanol–water partition coefficient (Wildman–Crippen LogP) is 4.59. The lowest BCUT2D eigenvalue weighted by molar-refractivity contribution is -0.122. The average molecular weight is 577 g/mol. The van der Waals surface area contributed by atoms with Crippen molar-refractivity contribution in [1.82, 2.24) is 10.3 Å². The molecule has 5 rings (SSSR count). The van der Waals surface area contributed by atoms with Crippen molar-refractivity contribution in [2.24, 2.45) is 5.73 Å². The summed E-state index contributed by atoms with van der Waals surface area (Å²) < 4.78 is 47.6. The molecule has 0 fully saturated rings. The van der Waals surface area contributed by atoms with Gasteiger partial charge in [-0.2, -0.15) is 0 Å². The van der Waals surface area contributed by atoms with Crippen LogP contribution in [0.1, 0.15) is 45.6 Å². The van der Waals surface area contributed by atoms with Crippen LogP contribution < -0.4 is 21.1 Å². The minimum absolute atomic E-state index is 0.0481. The highest BCUT2D eigenvalue weighted by Crippen LogP contribution is 2.39. The molecule has 0 saturated carbocycles. The number of hydrogen-bond donors (Lipinski definition) is 4. The molecular formula is C31H27F3N4O4. The number of benzene rings is 3. The number of anilines is 1. The Morgan fingerprint density at radius 1 is 1.07 bits per heavy atom. The van der Waals surface area contributed by atoms with Crippen molar-refractivity contribution in [3.63, 3.8) is 0 Å². The van der Waals surface area contributed by atoms with E-state index < -0.39 is 47.5 Å². The fourth-order valence-electron chi connectivity index (χ4n) is 5.22. The molecule has 1 aliphatic heterocycles. The molecule has 1 aliphatic rings. The Balaban J connectivity index is 1.49. The molecule has 5 N–H and O–H groups in total. The van der Waals surface area contributed by atoms with Crippen LogP contribution in [-0.4, -0.2) is 35.2 Å². The van der Waals surface area contributed by atoms with Crippen molar-refractivity contribution in [2.75, 3.05) is 12.4 Å². The molecule has 0 aliphatic carbocycles. The van der Waals surface area contributed by atoms with Gasteiger partial charge in [0.2, 0.25) is 5.91 Å². The van der Waals surface area contributed by atoms with Gasteiger partial charge in [-0.1, -0.05) is 18.2 Å². The first kappa shape index (κ1) is 28.6. The van der Waals surface area contributed by atoms with Gasteiger partial charge in [-0.15, -0.1) is 0 Å². The molecular weight excluding hydrogens is 549 g/mol. The first-order valence-corrected chi connectivity index (χ1v) is 13.0. The van der Waals surface area contributed by atoms with Crippen molar-refractivity contribution in [2.45, 2.75) is 31.0 Å². The second-order valence-corrected chi connectivity index (χ2v) is 9.95. The van der Waals surface area contributed by atoms with Crippen molar-refractivity contribution < 1.29 is 32.6 Å². The fourth-order valence-corrected chi connectivity index (χ4v) is 5.22. The van der Waals surface area contributed by atoms with Crippen LogP contribution in [0.25, 0.3) is 11.1 Å². The first-order valence-electron chi connectivity index (χ1n) is 13.0. The maximum absolute atomic E-state index is 14.2. The number of fused-ring (bicyclic) bond motifs is 1. The second-order valence-electron chi connectivity index (χ2n) is 9.95. The van der Waals surface area contributed by atoms with Gasteiger partial charge in [0, 0.05) is 41.9 Å². The predicted molar refractivity (Wildman–Crippen MR) is 149 cm³/mol. The Morgan fingerprint density at radius 2 is 1.83 bits per heavy atom. The third-order valence-corrected chi connectivity index (χ3v) is 7.16. The molecule has 0 bridgehead atoms. The minimum atomic E-state index is -1.04. The Kier molecular flexibility index (Phi) is 8.12.